The molecule has 0 aromatic rings. The van der Waals surface area contributed by atoms with Crippen molar-refractivity contribution in [1.29, 1.82) is 0 Å². The van der Waals surface area contributed by atoms with Crippen molar-refractivity contribution in [3.05, 3.63) is 0 Å². The maximum atomic E-state index is 10.5. The Morgan fingerprint density at radius 1 is 0.682 bits per heavy atom. The van der Waals surface area contributed by atoms with Gasteiger partial charge in [0.05, 0.1) is 18.3 Å². The summed E-state index contributed by atoms with van der Waals surface area (Å²) in [6, 6.07) is 0. The first-order valence-electron chi connectivity index (χ1n) is 9.42. The first kappa shape index (κ1) is 15.4. The summed E-state index contributed by atoms with van der Waals surface area (Å²) >= 11 is 0. The third-order valence-electron chi connectivity index (χ3n) is 8.68. The van der Waals surface area contributed by atoms with Crippen molar-refractivity contribution in [2.45, 2.75) is 83.5 Å². The van der Waals surface area contributed by atoms with Crippen LogP contribution in [0.15, 0.2) is 0 Å². The Bertz CT molecular complexity index is 452. The molecule has 0 aliphatic heterocycles. The zero-order valence-electron chi connectivity index (χ0n) is 14.0. The average Bonchev–Trinajstić information content (AvgIpc) is 2.79. The number of hydrogen-bond donors (Lipinski definition) is 3. The molecular formula is C19H32O3. The van der Waals surface area contributed by atoms with Crippen molar-refractivity contribution in [1.82, 2.24) is 0 Å². The van der Waals surface area contributed by atoms with Gasteiger partial charge in [-0.25, -0.2) is 0 Å². The molecule has 4 aliphatic carbocycles. The quantitative estimate of drug-likeness (QED) is 0.645. The summed E-state index contributed by atoms with van der Waals surface area (Å²) in [5.74, 6) is 2.34. The third kappa shape index (κ3) is 1.85. The fourth-order valence-corrected chi connectivity index (χ4v) is 7.29. The van der Waals surface area contributed by atoms with Crippen molar-refractivity contribution < 1.29 is 15.3 Å². The first-order valence-corrected chi connectivity index (χ1v) is 9.42. The lowest BCUT2D eigenvalue weighted by Gasteiger charge is -2.61. The predicted octanol–water partition coefficient (Wildman–Crippen LogP) is 2.72. The van der Waals surface area contributed by atoms with Crippen molar-refractivity contribution in [3.63, 3.8) is 0 Å². The minimum Gasteiger partial charge on any atom is -0.393 e. The molecule has 9 atom stereocenters. The van der Waals surface area contributed by atoms with Gasteiger partial charge in [-0.15, -0.1) is 0 Å². The van der Waals surface area contributed by atoms with Crippen LogP contribution in [0.4, 0.5) is 0 Å². The fourth-order valence-electron chi connectivity index (χ4n) is 7.29. The first-order chi connectivity index (χ1) is 10.4. The van der Waals surface area contributed by atoms with E-state index in [1.165, 1.54) is 19.3 Å². The summed E-state index contributed by atoms with van der Waals surface area (Å²) in [6.07, 6.45) is 7.40. The van der Waals surface area contributed by atoms with E-state index < -0.39 is 12.2 Å². The van der Waals surface area contributed by atoms with Crippen molar-refractivity contribution in [3.8, 4) is 0 Å². The largest absolute Gasteiger partial charge is 0.393 e. The molecule has 3 nitrogen and oxygen atoms in total. The molecule has 0 spiro atoms. The van der Waals surface area contributed by atoms with E-state index in [9.17, 15) is 15.3 Å². The molecule has 4 rings (SSSR count). The molecule has 3 N–H and O–H groups in total. The second-order valence-electron chi connectivity index (χ2n) is 9.30. The van der Waals surface area contributed by atoms with Crippen LogP contribution >= 0.6 is 0 Å². The summed E-state index contributed by atoms with van der Waals surface area (Å²) in [7, 11) is 0. The van der Waals surface area contributed by atoms with Crippen LogP contribution in [0.1, 0.15) is 65.2 Å². The van der Waals surface area contributed by atoms with E-state index in [0.29, 0.717) is 11.8 Å². The summed E-state index contributed by atoms with van der Waals surface area (Å²) in [6.45, 7) is 4.71. The average molecular weight is 308 g/mol. The Labute approximate surface area is 134 Å². The van der Waals surface area contributed by atoms with Gasteiger partial charge < -0.3 is 15.3 Å². The van der Waals surface area contributed by atoms with Gasteiger partial charge in [0.2, 0.25) is 0 Å². The highest BCUT2D eigenvalue weighted by Crippen LogP contribution is 2.66. The molecule has 0 amide bonds. The van der Waals surface area contributed by atoms with Crippen LogP contribution in [0.25, 0.3) is 0 Å². The standard InChI is InChI=1S/C19H32O3/c1-18-10-8-15(20)17(22)14(18)4-3-11-12-5-6-16(21)19(12,2)9-7-13(11)18/h11-17,20-22H,3-10H2,1-2H3/t11-,12-,13-,14-,15-,16-,17?,18+,19-/m0/s1. The molecular weight excluding hydrogens is 276 g/mol. The summed E-state index contributed by atoms with van der Waals surface area (Å²) in [5, 5.41) is 31.1. The number of aliphatic hydroxyl groups is 3. The van der Waals surface area contributed by atoms with Gasteiger partial charge in [0.25, 0.3) is 0 Å². The SMILES string of the molecule is C[C@]12CC[C@H](O)C(O)[C@@H]1CC[C@@H]1[C@@H]2CC[C@]2(C)[C@@H](O)CC[C@@H]12. The minimum absolute atomic E-state index is 0.109. The highest BCUT2D eigenvalue weighted by atomic mass is 16.3. The molecule has 0 aromatic carbocycles. The summed E-state index contributed by atoms with van der Waals surface area (Å²) < 4.78 is 0. The molecule has 4 aliphatic rings. The summed E-state index contributed by atoms with van der Waals surface area (Å²) in [5.41, 5.74) is 0.327. The highest BCUT2D eigenvalue weighted by Gasteiger charge is 2.61. The Morgan fingerprint density at radius 2 is 1.32 bits per heavy atom. The number of rotatable bonds is 0. The van der Waals surface area contributed by atoms with E-state index in [0.717, 1.165) is 38.0 Å². The molecule has 0 heterocycles. The van der Waals surface area contributed by atoms with Crippen LogP contribution in [0.5, 0.6) is 0 Å². The molecule has 4 saturated carbocycles. The zero-order valence-corrected chi connectivity index (χ0v) is 14.0. The fraction of sp³-hybridized carbons (Fsp3) is 1.00. The van der Waals surface area contributed by atoms with Crippen LogP contribution in [-0.2, 0) is 0 Å². The molecule has 4 fully saturated rings. The maximum absolute atomic E-state index is 10.5. The third-order valence-corrected chi connectivity index (χ3v) is 8.68. The van der Waals surface area contributed by atoms with E-state index in [-0.39, 0.29) is 22.9 Å². The van der Waals surface area contributed by atoms with Gasteiger partial charge in [-0.1, -0.05) is 13.8 Å². The van der Waals surface area contributed by atoms with Gasteiger partial charge in [-0.2, -0.15) is 0 Å². The van der Waals surface area contributed by atoms with E-state index in [1.54, 1.807) is 0 Å². The molecule has 1 unspecified atom stereocenters. The zero-order chi connectivity index (χ0) is 15.7. The van der Waals surface area contributed by atoms with Crippen molar-refractivity contribution in [2.24, 2.45) is 34.5 Å². The van der Waals surface area contributed by atoms with E-state index in [4.69, 9.17) is 0 Å². The van der Waals surface area contributed by atoms with Crippen molar-refractivity contribution >= 4 is 0 Å². The van der Waals surface area contributed by atoms with E-state index >= 15 is 0 Å². The minimum atomic E-state index is -0.526. The second kappa shape index (κ2) is 4.94. The topological polar surface area (TPSA) is 60.7 Å². The Balaban J connectivity index is 1.64. The van der Waals surface area contributed by atoms with Crippen LogP contribution in [0.2, 0.25) is 0 Å². The molecule has 0 saturated heterocycles. The van der Waals surface area contributed by atoms with Gasteiger partial charge in [0.1, 0.15) is 0 Å². The lowest BCUT2D eigenvalue weighted by Crippen LogP contribution is -2.58. The number of hydrogen-bond acceptors (Lipinski definition) is 3. The molecule has 0 bridgehead atoms. The highest BCUT2D eigenvalue weighted by molar-refractivity contribution is 5.10. The molecule has 3 heteroatoms. The van der Waals surface area contributed by atoms with Crippen LogP contribution in [-0.4, -0.2) is 33.6 Å². The molecule has 0 aromatic heterocycles. The van der Waals surface area contributed by atoms with E-state index in [1.807, 2.05) is 0 Å². The Hall–Kier alpha value is -0.120. The Kier molecular flexibility index (Phi) is 3.46. The molecule has 0 radical (unpaired) electrons. The molecule has 126 valence electrons. The summed E-state index contributed by atoms with van der Waals surface area (Å²) in [4.78, 5) is 0. The van der Waals surface area contributed by atoms with Gasteiger partial charge in [-0.05, 0) is 85.9 Å². The van der Waals surface area contributed by atoms with Crippen LogP contribution < -0.4 is 0 Å². The van der Waals surface area contributed by atoms with Gasteiger partial charge >= 0.3 is 0 Å². The smallest absolute Gasteiger partial charge is 0.0832 e. The molecule has 22 heavy (non-hydrogen) atoms. The van der Waals surface area contributed by atoms with Gasteiger partial charge in [0.15, 0.2) is 0 Å². The Morgan fingerprint density at radius 3 is 2.09 bits per heavy atom. The predicted molar refractivity (Wildman–Crippen MR) is 85.1 cm³/mol. The lowest BCUT2D eigenvalue weighted by molar-refractivity contribution is -0.176. The maximum Gasteiger partial charge on any atom is 0.0832 e. The van der Waals surface area contributed by atoms with E-state index in [2.05, 4.69) is 13.8 Å². The van der Waals surface area contributed by atoms with Gasteiger partial charge in [0, 0.05) is 0 Å². The van der Waals surface area contributed by atoms with Crippen molar-refractivity contribution in [2.75, 3.05) is 0 Å². The number of aliphatic hydroxyl groups excluding tert-OH is 3. The second-order valence-corrected chi connectivity index (χ2v) is 9.30. The number of fused-ring (bicyclic) bond motifs is 5. The van der Waals surface area contributed by atoms with Crippen LogP contribution in [0, 0.1) is 34.5 Å². The van der Waals surface area contributed by atoms with Gasteiger partial charge in [-0.3, -0.25) is 0 Å². The monoisotopic (exact) mass is 308 g/mol. The van der Waals surface area contributed by atoms with Crippen LogP contribution in [0.3, 0.4) is 0 Å². The lowest BCUT2D eigenvalue weighted by atomic mass is 9.44. The normalized spacial score (nSPS) is 61.2.